The van der Waals surface area contributed by atoms with Gasteiger partial charge in [0.05, 0.1) is 26.6 Å². The third-order valence-corrected chi connectivity index (χ3v) is 4.80. The minimum absolute atomic E-state index is 0.0157. The molecule has 2 aromatic heterocycles. The van der Waals surface area contributed by atoms with Crippen LogP contribution in [0.25, 0.3) is 11.2 Å². The maximum absolute atomic E-state index is 10.3. The van der Waals surface area contributed by atoms with Gasteiger partial charge in [-0.2, -0.15) is 15.1 Å². The minimum atomic E-state index is -1.28. The molecule has 0 amide bonds. The lowest BCUT2D eigenvalue weighted by molar-refractivity contribution is -0.0511. The number of aromatic nitrogens is 4. The van der Waals surface area contributed by atoms with Gasteiger partial charge in [0.15, 0.2) is 17.7 Å². The zero-order chi connectivity index (χ0) is 21.3. The number of rotatable bonds is 6. The fraction of sp³-hybridized carbons (Fsp3) is 0.389. The van der Waals surface area contributed by atoms with Crippen LogP contribution in [-0.2, 0) is 11.3 Å². The quantitative estimate of drug-likeness (QED) is 0.413. The second-order valence-corrected chi connectivity index (χ2v) is 6.71. The van der Waals surface area contributed by atoms with Gasteiger partial charge in [-0.05, 0) is 17.7 Å². The van der Waals surface area contributed by atoms with E-state index in [2.05, 4.69) is 25.2 Å². The molecule has 3 heterocycles. The Labute approximate surface area is 170 Å². The van der Waals surface area contributed by atoms with Crippen molar-refractivity contribution in [2.45, 2.75) is 31.1 Å². The lowest BCUT2D eigenvalue weighted by Gasteiger charge is -2.16. The number of nitrogens with zero attached hydrogens (tertiary/aromatic N) is 6. The van der Waals surface area contributed by atoms with Gasteiger partial charge in [0.2, 0.25) is 0 Å². The van der Waals surface area contributed by atoms with Gasteiger partial charge in [-0.25, -0.2) is 4.98 Å². The number of imidazole rings is 1. The predicted molar refractivity (Wildman–Crippen MR) is 104 cm³/mol. The number of anilines is 1. The van der Waals surface area contributed by atoms with Crippen LogP contribution in [0.4, 0.5) is 11.8 Å². The first-order valence-electron chi connectivity index (χ1n) is 9.14. The highest BCUT2D eigenvalue weighted by atomic mass is 16.6. The molecule has 1 aliphatic rings. The number of methoxy groups -OCH3 is 1. The molecule has 12 heteroatoms. The average molecular weight is 415 g/mol. The monoisotopic (exact) mass is 415 g/mol. The molecule has 0 bridgehead atoms. The average Bonchev–Trinajstić information content (AvgIpc) is 3.30. The van der Waals surface area contributed by atoms with E-state index in [1.165, 1.54) is 10.9 Å². The van der Waals surface area contributed by atoms with Crippen LogP contribution in [0, 0.1) is 0 Å². The summed E-state index contributed by atoms with van der Waals surface area (Å²) in [6.45, 7) is -0.136. The highest BCUT2D eigenvalue weighted by Gasteiger charge is 2.44. The van der Waals surface area contributed by atoms with Gasteiger partial charge < -0.3 is 30.5 Å². The molecule has 5 N–H and O–H groups in total. The van der Waals surface area contributed by atoms with Crippen LogP contribution < -0.4 is 10.5 Å². The molecule has 1 aromatic carbocycles. The van der Waals surface area contributed by atoms with Gasteiger partial charge in [0, 0.05) is 0 Å². The van der Waals surface area contributed by atoms with Crippen molar-refractivity contribution >= 4 is 22.9 Å². The molecule has 0 spiro atoms. The third-order valence-electron chi connectivity index (χ3n) is 4.80. The van der Waals surface area contributed by atoms with Crippen LogP contribution in [0.3, 0.4) is 0 Å². The molecule has 1 fully saturated rings. The van der Waals surface area contributed by atoms with Crippen LogP contribution in [-0.4, -0.2) is 66.9 Å². The molecule has 3 aromatic rings. The number of hydrogen-bond acceptors (Lipinski definition) is 11. The van der Waals surface area contributed by atoms with Crippen molar-refractivity contribution in [1.29, 1.82) is 0 Å². The van der Waals surface area contributed by atoms with E-state index in [0.29, 0.717) is 12.1 Å². The highest BCUT2D eigenvalue weighted by Crippen LogP contribution is 2.32. The van der Waals surface area contributed by atoms with E-state index in [1.54, 1.807) is 7.11 Å². The summed E-state index contributed by atoms with van der Waals surface area (Å²) in [5.74, 6) is 0.848. The topological polar surface area (TPSA) is 173 Å². The Morgan fingerprint density at radius 3 is 2.63 bits per heavy atom. The molecule has 2 unspecified atom stereocenters. The molecule has 0 aliphatic carbocycles. The Kier molecular flexibility index (Phi) is 5.55. The van der Waals surface area contributed by atoms with Crippen molar-refractivity contribution in [1.82, 2.24) is 19.5 Å². The predicted octanol–water partition coefficient (Wildman–Crippen LogP) is 0.312. The molecular weight excluding hydrogens is 394 g/mol. The normalized spacial score (nSPS) is 24.1. The van der Waals surface area contributed by atoms with Crippen molar-refractivity contribution in [2.24, 2.45) is 10.2 Å². The van der Waals surface area contributed by atoms with E-state index in [1.807, 2.05) is 24.3 Å². The SMILES string of the molecule is COc1ccc(CN=Nc2nc(N)c3ncn([C@@H]4O[C@H](CO)C(O)C4O)c3n2)cc1. The first-order valence-corrected chi connectivity index (χ1v) is 9.14. The highest BCUT2D eigenvalue weighted by molar-refractivity contribution is 5.82. The second kappa shape index (κ2) is 8.28. The number of aliphatic hydroxyl groups is 3. The van der Waals surface area contributed by atoms with Gasteiger partial charge in [0.25, 0.3) is 5.95 Å². The molecule has 4 atom stereocenters. The van der Waals surface area contributed by atoms with Gasteiger partial charge in [-0.3, -0.25) is 4.57 Å². The smallest absolute Gasteiger partial charge is 0.272 e. The summed E-state index contributed by atoms with van der Waals surface area (Å²) in [4.78, 5) is 12.5. The van der Waals surface area contributed by atoms with Crippen LogP contribution in [0.15, 0.2) is 40.8 Å². The number of azo groups is 1. The van der Waals surface area contributed by atoms with Gasteiger partial charge in [-0.15, -0.1) is 5.11 Å². The van der Waals surface area contributed by atoms with E-state index >= 15 is 0 Å². The molecule has 4 rings (SSSR count). The maximum Gasteiger partial charge on any atom is 0.272 e. The Bertz CT molecular complexity index is 1060. The molecule has 1 aliphatic heterocycles. The van der Waals surface area contributed by atoms with Crippen molar-refractivity contribution in [2.75, 3.05) is 19.5 Å². The fourth-order valence-corrected chi connectivity index (χ4v) is 3.18. The number of hydrogen-bond donors (Lipinski definition) is 4. The minimum Gasteiger partial charge on any atom is -0.497 e. The Balaban J connectivity index is 1.58. The van der Waals surface area contributed by atoms with Crippen LogP contribution in [0.2, 0.25) is 0 Å². The Morgan fingerprint density at radius 2 is 1.97 bits per heavy atom. The summed E-state index contributed by atoms with van der Waals surface area (Å²) in [6.07, 6.45) is -3.09. The molecule has 0 saturated carbocycles. The number of nitrogens with two attached hydrogens (primary N) is 1. The van der Waals surface area contributed by atoms with Crippen LogP contribution >= 0.6 is 0 Å². The molecule has 1 saturated heterocycles. The summed E-state index contributed by atoms with van der Waals surface area (Å²) in [7, 11) is 1.59. The third kappa shape index (κ3) is 3.68. The standard InChI is InChI=1S/C18H21N7O5/c1-29-10-4-2-9(3-5-10)6-21-24-18-22-15(19)12-16(23-18)25(8-20-12)17-14(28)13(27)11(7-26)30-17/h2-5,8,11,13-14,17,26-28H,6-7H2,1H3,(H2,19,22,23)/t11-,13?,14?,17-/m1/s1. The summed E-state index contributed by atoms with van der Waals surface area (Å²) in [5, 5.41) is 37.7. The van der Waals surface area contributed by atoms with E-state index < -0.39 is 31.1 Å². The Hall–Kier alpha value is -3.19. The Morgan fingerprint density at radius 1 is 1.20 bits per heavy atom. The lowest BCUT2D eigenvalue weighted by Crippen LogP contribution is -2.33. The van der Waals surface area contributed by atoms with Crippen molar-refractivity contribution in [3.8, 4) is 5.75 Å². The fourth-order valence-electron chi connectivity index (χ4n) is 3.18. The summed E-state index contributed by atoms with van der Waals surface area (Å²) >= 11 is 0. The molecule has 30 heavy (non-hydrogen) atoms. The van der Waals surface area contributed by atoms with Gasteiger partial charge in [-0.1, -0.05) is 12.1 Å². The van der Waals surface area contributed by atoms with Crippen molar-refractivity contribution < 1.29 is 24.8 Å². The number of aliphatic hydroxyl groups excluding tert-OH is 3. The first-order chi connectivity index (χ1) is 14.5. The lowest BCUT2D eigenvalue weighted by atomic mass is 10.1. The van der Waals surface area contributed by atoms with E-state index in [4.69, 9.17) is 15.2 Å². The van der Waals surface area contributed by atoms with Crippen LogP contribution in [0.1, 0.15) is 11.8 Å². The summed E-state index contributed by atoms with van der Waals surface area (Å²) in [5.41, 5.74) is 7.44. The molecule has 0 radical (unpaired) electrons. The largest absolute Gasteiger partial charge is 0.497 e. The maximum atomic E-state index is 10.3. The second-order valence-electron chi connectivity index (χ2n) is 6.71. The van der Waals surface area contributed by atoms with Gasteiger partial charge >= 0.3 is 0 Å². The molecule has 12 nitrogen and oxygen atoms in total. The molecular formula is C18H21N7O5. The number of fused-ring (bicyclic) bond motifs is 1. The summed E-state index contributed by atoms with van der Waals surface area (Å²) in [6, 6.07) is 7.38. The van der Waals surface area contributed by atoms with Crippen molar-refractivity contribution in [3.05, 3.63) is 36.2 Å². The summed E-state index contributed by atoms with van der Waals surface area (Å²) < 4.78 is 12.1. The molecule has 158 valence electrons. The zero-order valence-electron chi connectivity index (χ0n) is 16.0. The van der Waals surface area contributed by atoms with Gasteiger partial charge in [0.1, 0.15) is 29.6 Å². The van der Waals surface area contributed by atoms with Crippen molar-refractivity contribution in [3.63, 3.8) is 0 Å². The van der Waals surface area contributed by atoms with E-state index in [-0.39, 0.29) is 17.4 Å². The number of ether oxygens (including phenoxy) is 2. The van der Waals surface area contributed by atoms with E-state index in [9.17, 15) is 15.3 Å². The zero-order valence-corrected chi connectivity index (χ0v) is 16.0. The number of benzene rings is 1. The van der Waals surface area contributed by atoms with Crippen LogP contribution in [0.5, 0.6) is 5.75 Å². The number of nitrogen functional groups attached to an aromatic ring is 1. The first kappa shape index (κ1) is 20.1. The van der Waals surface area contributed by atoms with E-state index in [0.717, 1.165) is 11.3 Å².